The average molecular weight is 398 g/mol. The number of carbonyl (C=O) groups is 3. The predicted octanol–water partition coefficient (Wildman–Crippen LogP) is 1.04. The van der Waals surface area contributed by atoms with Crippen molar-refractivity contribution in [2.45, 2.75) is 37.6 Å². The van der Waals surface area contributed by atoms with E-state index in [-0.39, 0.29) is 24.5 Å². The molecule has 4 rings (SSSR count). The van der Waals surface area contributed by atoms with E-state index in [1.807, 2.05) is 0 Å². The topological polar surface area (TPSA) is 134 Å². The van der Waals surface area contributed by atoms with Crippen molar-refractivity contribution in [3.8, 4) is 5.82 Å². The number of rotatable bonds is 6. The molecule has 29 heavy (non-hydrogen) atoms. The van der Waals surface area contributed by atoms with Gasteiger partial charge in [0.05, 0.1) is 11.9 Å². The fraction of sp³-hybridized carbons (Fsp3) is 0.444. The van der Waals surface area contributed by atoms with E-state index in [2.05, 4.69) is 31.0 Å². The number of hydrogen-bond donors (Lipinski definition) is 3. The number of carbonyl (C=O) groups excluding carboxylic acids is 3. The van der Waals surface area contributed by atoms with Crippen molar-refractivity contribution in [1.82, 2.24) is 35.3 Å². The number of hydrogen-bond acceptors (Lipinski definition) is 6. The summed E-state index contributed by atoms with van der Waals surface area (Å²) in [4.78, 5) is 46.0. The Morgan fingerprint density at radius 2 is 2.07 bits per heavy atom. The molecule has 1 aliphatic carbocycles. The Kier molecular flexibility index (Phi) is 5.10. The fourth-order valence-electron chi connectivity index (χ4n) is 3.73. The molecule has 0 atom stereocenters. The fourth-order valence-corrected chi connectivity index (χ4v) is 3.73. The lowest BCUT2D eigenvalue weighted by Crippen LogP contribution is -2.44. The molecular weight excluding hydrogens is 376 g/mol. The van der Waals surface area contributed by atoms with Crippen LogP contribution in [0.4, 0.5) is 15.3 Å². The Bertz CT molecular complexity index is 890. The second-order valence-corrected chi connectivity index (χ2v) is 7.16. The Morgan fingerprint density at radius 3 is 2.76 bits per heavy atom. The largest absolute Gasteiger partial charge is 0.338 e. The second kappa shape index (κ2) is 7.86. The first kappa shape index (κ1) is 18.8. The molecule has 3 N–H and O–H groups in total. The SMILES string of the molecule is O=C(NCCCN1C(=O)NC2(CCCC2)C1=O)Nc1ccc(-n2cncn2)nc1. The molecule has 1 saturated carbocycles. The molecule has 2 aliphatic rings. The Labute approximate surface area is 166 Å². The smallest absolute Gasteiger partial charge is 0.325 e. The summed E-state index contributed by atoms with van der Waals surface area (Å²) >= 11 is 0. The van der Waals surface area contributed by atoms with Gasteiger partial charge in [0.1, 0.15) is 18.2 Å². The number of urea groups is 2. The van der Waals surface area contributed by atoms with Crippen LogP contribution < -0.4 is 16.0 Å². The van der Waals surface area contributed by atoms with Crippen molar-refractivity contribution in [1.29, 1.82) is 0 Å². The third-order valence-electron chi connectivity index (χ3n) is 5.21. The molecule has 11 heteroatoms. The molecule has 1 saturated heterocycles. The summed E-state index contributed by atoms with van der Waals surface area (Å²) < 4.78 is 1.51. The van der Waals surface area contributed by atoms with Gasteiger partial charge >= 0.3 is 12.1 Å². The summed E-state index contributed by atoms with van der Waals surface area (Å²) in [5.41, 5.74) is -0.156. The van der Waals surface area contributed by atoms with Gasteiger partial charge < -0.3 is 16.0 Å². The standard InChI is InChI=1S/C18H22N8O3/c27-15-18(6-1-2-7-18)24-17(29)25(15)9-3-8-20-16(28)23-13-4-5-14(21-10-13)26-12-19-11-22-26/h4-5,10-12H,1-3,6-9H2,(H,24,29)(H2,20,23,28). The molecule has 1 spiro atoms. The molecule has 3 heterocycles. The Morgan fingerprint density at radius 1 is 1.24 bits per heavy atom. The van der Waals surface area contributed by atoms with Crippen LogP contribution in [0.2, 0.25) is 0 Å². The van der Waals surface area contributed by atoms with E-state index in [1.54, 1.807) is 12.1 Å². The number of pyridine rings is 1. The van der Waals surface area contributed by atoms with Gasteiger partial charge in [0.25, 0.3) is 5.91 Å². The van der Waals surface area contributed by atoms with Crippen molar-refractivity contribution in [3.05, 3.63) is 31.0 Å². The quantitative estimate of drug-likeness (QED) is 0.492. The average Bonchev–Trinajstić information content (AvgIpc) is 3.44. The van der Waals surface area contributed by atoms with Gasteiger partial charge in [-0.2, -0.15) is 5.10 Å². The minimum atomic E-state index is -0.687. The second-order valence-electron chi connectivity index (χ2n) is 7.16. The molecule has 5 amide bonds. The van der Waals surface area contributed by atoms with Crippen LogP contribution in [-0.2, 0) is 4.79 Å². The molecule has 0 bridgehead atoms. The van der Waals surface area contributed by atoms with E-state index < -0.39 is 5.54 Å². The van der Waals surface area contributed by atoms with Gasteiger partial charge in [-0.25, -0.2) is 24.2 Å². The van der Waals surface area contributed by atoms with Gasteiger partial charge in [0.2, 0.25) is 0 Å². The van der Waals surface area contributed by atoms with Crippen LogP contribution in [0.25, 0.3) is 5.82 Å². The highest BCUT2D eigenvalue weighted by molar-refractivity contribution is 6.07. The van der Waals surface area contributed by atoms with Gasteiger partial charge in [0.15, 0.2) is 5.82 Å². The Balaban J connectivity index is 1.20. The first-order chi connectivity index (χ1) is 14.1. The summed E-state index contributed by atoms with van der Waals surface area (Å²) in [7, 11) is 0. The minimum absolute atomic E-state index is 0.136. The molecule has 0 unspecified atom stereocenters. The van der Waals surface area contributed by atoms with E-state index in [0.717, 1.165) is 12.8 Å². The van der Waals surface area contributed by atoms with Crippen molar-refractivity contribution >= 4 is 23.7 Å². The van der Waals surface area contributed by atoms with Gasteiger partial charge in [-0.15, -0.1) is 0 Å². The lowest BCUT2D eigenvalue weighted by Gasteiger charge is -2.20. The lowest BCUT2D eigenvalue weighted by molar-refractivity contribution is -0.131. The first-order valence-corrected chi connectivity index (χ1v) is 9.57. The summed E-state index contributed by atoms with van der Waals surface area (Å²) in [6, 6.07) is 2.70. The lowest BCUT2D eigenvalue weighted by atomic mass is 9.98. The van der Waals surface area contributed by atoms with E-state index in [9.17, 15) is 14.4 Å². The van der Waals surface area contributed by atoms with Crippen LogP contribution in [0.5, 0.6) is 0 Å². The van der Waals surface area contributed by atoms with Crippen molar-refractivity contribution in [2.24, 2.45) is 0 Å². The number of imide groups is 1. The van der Waals surface area contributed by atoms with Gasteiger partial charge in [-0.3, -0.25) is 9.69 Å². The number of aromatic nitrogens is 4. The summed E-state index contributed by atoms with van der Waals surface area (Å²) in [6.45, 7) is 0.612. The number of nitrogens with one attached hydrogen (secondary N) is 3. The molecule has 2 aromatic heterocycles. The number of nitrogens with zero attached hydrogens (tertiary/aromatic N) is 5. The third kappa shape index (κ3) is 3.89. The van der Waals surface area contributed by atoms with Crippen LogP contribution >= 0.6 is 0 Å². The number of anilines is 1. The molecule has 2 aromatic rings. The normalized spacial score (nSPS) is 17.6. The van der Waals surface area contributed by atoms with E-state index >= 15 is 0 Å². The van der Waals surface area contributed by atoms with Crippen LogP contribution in [-0.4, -0.2) is 61.2 Å². The highest BCUT2D eigenvalue weighted by atomic mass is 16.2. The molecule has 0 aromatic carbocycles. The maximum absolute atomic E-state index is 12.5. The molecule has 11 nitrogen and oxygen atoms in total. The Hall–Kier alpha value is -3.50. The summed E-state index contributed by atoms with van der Waals surface area (Å²) in [5.74, 6) is 0.449. The van der Waals surface area contributed by atoms with Crippen LogP contribution in [0, 0.1) is 0 Å². The van der Waals surface area contributed by atoms with Crippen LogP contribution in [0.1, 0.15) is 32.1 Å². The van der Waals surface area contributed by atoms with E-state index in [1.165, 1.54) is 28.4 Å². The summed E-state index contributed by atoms with van der Waals surface area (Å²) in [5, 5.41) is 12.2. The van der Waals surface area contributed by atoms with Gasteiger partial charge in [-0.1, -0.05) is 12.8 Å². The monoisotopic (exact) mass is 398 g/mol. The zero-order chi connectivity index (χ0) is 20.3. The minimum Gasteiger partial charge on any atom is -0.338 e. The van der Waals surface area contributed by atoms with Gasteiger partial charge in [-0.05, 0) is 31.4 Å². The van der Waals surface area contributed by atoms with E-state index in [4.69, 9.17) is 0 Å². The maximum atomic E-state index is 12.5. The van der Waals surface area contributed by atoms with Crippen molar-refractivity contribution < 1.29 is 14.4 Å². The molecule has 2 fully saturated rings. The molecule has 152 valence electrons. The summed E-state index contributed by atoms with van der Waals surface area (Å²) in [6.07, 6.45) is 8.26. The molecule has 1 aliphatic heterocycles. The zero-order valence-corrected chi connectivity index (χ0v) is 15.8. The first-order valence-electron chi connectivity index (χ1n) is 9.57. The highest BCUT2D eigenvalue weighted by Crippen LogP contribution is 2.34. The zero-order valence-electron chi connectivity index (χ0n) is 15.8. The molecule has 0 radical (unpaired) electrons. The highest BCUT2D eigenvalue weighted by Gasteiger charge is 2.51. The predicted molar refractivity (Wildman–Crippen MR) is 102 cm³/mol. The molecular formula is C18H22N8O3. The van der Waals surface area contributed by atoms with Crippen molar-refractivity contribution in [3.63, 3.8) is 0 Å². The van der Waals surface area contributed by atoms with Crippen molar-refractivity contribution in [2.75, 3.05) is 18.4 Å². The van der Waals surface area contributed by atoms with Gasteiger partial charge in [0, 0.05) is 13.1 Å². The van der Waals surface area contributed by atoms with E-state index in [0.29, 0.717) is 37.3 Å². The maximum Gasteiger partial charge on any atom is 0.325 e. The number of amides is 5. The van der Waals surface area contributed by atoms with Crippen LogP contribution in [0.15, 0.2) is 31.0 Å². The third-order valence-corrected chi connectivity index (χ3v) is 5.21. The van der Waals surface area contributed by atoms with Crippen LogP contribution in [0.3, 0.4) is 0 Å².